The summed E-state index contributed by atoms with van der Waals surface area (Å²) in [4.78, 5) is 22.6. The predicted molar refractivity (Wildman–Crippen MR) is 86.8 cm³/mol. The Labute approximate surface area is 136 Å². The molecule has 1 aromatic rings. The van der Waals surface area contributed by atoms with Crippen molar-refractivity contribution in [2.24, 2.45) is 11.7 Å². The van der Waals surface area contributed by atoms with Gasteiger partial charge in [-0.2, -0.15) is 0 Å². The highest BCUT2D eigenvalue weighted by Crippen LogP contribution is 2.29. The standard InChI is InChI=1S/C15H21N3O3.ClH/c16-7-14(19)17-8-15(20)18-13-3-1-2-12(6-13)10-21-9-11-4-5-11;/h1-3,6,11H,4-5,7-10,16H2,(H,17,19)(H,18,20);1H. The van der Waals surface area contributed by atoms with Crippen LogP contribution in [0.25, 0.3) is 0 Å². The van der Waals surface area contributed by atoms with Crippen molar-refractivity contribution in [3.05, 3.63) is 29.8 Å². The van der Waals surface area contributed by atoms with Crippen LogP contribution < -0.4 is 16.4 Å². The molecule has 2 amide bonds. The minimum atomic E-state index is -0.354. The van der Waals surface area contributed by atoms with Gasteiger partial charge < -0.3 is 21.1 Å². The highest BCUT2D eigenvalue weighted by molar-refractivity contribution is 5.94. The van der Waals surface area contributed by atoms with Crippen LogP contribution in [0.15, 0.2) is 24.3 Å². The van der Waals surface area contributed by atoms with Crippen molar-refractivity contribution in [3.63, 3.8) is 0 Å². The summed E-state index contributed by atoms with van der Waals surface area (Å²) in [6, 6.07) is 7.49. The molecule has 1 fully saturated rings. The van der Waals surface area contributed by atoms with Crippen LogP contribution in [0.1, 0.15) is 18.4 Å². The maximum Gasteiger partial charge on any atom is 0.243 e. The van der Waals surface area contributed by atoms with Crippen molar-refractivity contribution in [3.8, 4) is 0 Å². The fourth-order valence-corrected chi connectivity index (χ4v) is 1.82. The van der Waals surface area contributed by atoms with Crippen LogP contribution in [0.2, 0.25) is 0 Å². The Morgan fingerprint density at radius 1 is 1.27 bits per heavy atom. The second kappa shape index (κ2) is 9.40. The summed E-state index contributed by atoms with van der Waals surface area (Å²) >= 11 is 0. The van der Waals surface area contributed by atoms with Crippen LogP contribution in [-0.2, 0) is 20.9 Å². The molecule has 0 heterocycles. The molecule has 0 bridgehead atoms. The molecule has 1 saturated carbocycles. The quantitative estimate of drug-likeness (QED) is 0.665. The van der Waals surface area contributed by atoms with E-state index in [0.29, 0.717) is 12.3 Å². The molecule has 0 atom stereocenters. The maximum atomic E-state index is 11.7. The zero-order valence-corrected chi connectivity index (χ0v) is 13.2. The number of amides is 2. The molecular weight excluding hydrogens is 306 g/mol. The summed E-state index contributed by atoms with van der Waals surface area (Å²) in [6.07, 6.45) is 2.54. The molecule has 22 heavy (non-hydrogen) atoms. The molecule has 1 aliphatic rings. The zero-order valence-electron chi connectivity index (χ0n) is 12.3. The van der Waals surface area contributed by atoms with Crippen LogP contribution in [0.3, 0.4) is 0 Å². The summed E-state index contributed by atoms with van der Waals surface area (Å²) in [5.41, 5.74) is 6.85. The average Bonchev–Trinajstić information content (AvgIpc) is 3.29. The smallest absolute Gasteiger partial charge is 0.243 e. The minimum absolute atomic E-state index is 0. The largest absolute Gasteiger partial charge is 0.376 e. The highest BCUT2D eigenvalue weighted by Gasteiger charge is 2.20. The fourth-order valence-electron chi connectivity index (χ4n) is 1.82. The van der Waals surface area contributed by atoms with E-state index in [1.54, 1.807) is 6.07 Å². The maximum absolute atomic E-state index is 11.7. The van der Waals surface area contributed by atoms with Crippen LogP contribution in [0.4, 0.5) is 5.69 Å². The monoisotopic (exact) mass is 327 g/mol. The Kier molecular flexibility index (Phi) is 7.87. The zero-order chi connectivity index (χ0) is 15.1. The van der Waals surface area contributed by atoms with Crippen molar-refractivity contribution in [2.45, 2.75) is 19.4 Å². The summed E-state index contributed by atoms with van der Waals surface area (Å²) < 4.78 is 5.61. The second-order valence-electron chi connectivity index (χ2n) is 5.19. The number of benzene rings is 1. The number of nitrogens with two attached hydrogens (primary N) is 1. The molecule has 0 saturated heterocycles. The Hall–Kier alpha value is -1.63. The van der Waals surface area contributed by atoms with E-state index in [1.807, 2.05) is 18.2 Å². The van der Waals surface area contributed by atoms with Gasteiger partial charge in [0.25, 0.3) is 0 Å². The highest BCUT2D eigenvalue weighted by atomic mass is 35.5. The lowest BCUT2D eigenvalue weighted by atomic mass is 10.2. The molecule has 0 spiro atoms. The van der Waals surface area contributed by atoms with Crippen LogP contribution >= 0.6 is 12.4 Å². The molecule has 2 rings (SSSR count). The molecule has 1 aliphatic carbocycles. The van der Waals surface area contributed by atoms with Crippen LogP contribution in [0, 0.1) is 5.92 Å². The van der Waals surface area contributed by atoms with Gasteiger partial charge in [-0.25, -0.2) is 0 Å². The normalized spacial score (nSPS) is 13.1. The summed E-state index contributed by atoms with van der Waals surface area (Å²) in [5, 5.41) is 5.14. The molecule has 122 valence electrons. The van der Waals surface area contributed by atoms with Crippen LogP contribution in [-0.4, -0.2) is 31.5 Å². The van der Waals surface area contributed by atoms with Gasteiger partial charge in [0.2, 0.25) is 11.8 Å². The lowest BCUT2D eigenvalue weighted by Crippen LogP contribution is -2.36. The van der Waals surface area contributed by atoms with E-state index in [-0.39, 0.29) is 37.3 Å². The topological polar surface area (TPSA) is 93.5 Å². The molecule has 0 radical (unpaired) electrons. The molecular formula is C15H22ClN3O3. The van der Waals surface area contributed by atoms with E-state index in [4.69, 9.17) is 10.5 Å². The first kappa shape index (κ1) is 18.4. The van der Waals surface area contributed by atoms with Crippen molar-refractivity contribution in [1.82, 2.24) is 5.32 Å². The second-order valence-corrected chi connectivity index (χ2v) is 5.19. The Balaban J connectivity index is 0.00000242. The van der Waals surface area contributed by atoms with Crippen LogP contribution in [0.5, 0.6) is 0 Å². The third-order valence-electron chi connectivity index (χ3n) is 3.16. The number of halogens is 1. The van der Waals surface area contributed by atoms with E-state index >= 15 is 0 Å². The summed E-state index contributed by atoms with van der Waals surface area (Å²) in [7, 11) is 0. The molecule has 7 heteroatoms. The van der Waals surface area contributed by atoms with E-state index in [9.17, 15) is 9.59 Å². The number of anilines is 1. The van der Waals surface area contributed by atoms with Gasteiger partial charge in [0.15, 0.2) is 0 Å². The Bertz CT molecular complexity index is 507. The summed E-state index contributed by atoms with van der Waals surface area (Å²) in [5.74, 6) is 0.0965. The van der Waals surface area contributed by atoms with Crippen molar-refractivity contribution in [1.29, 1.82) is 0 Å². The molecule has 0 aromatic heterocycles. The number of nitrogens with one attached hydrogen (secondary N) is 2. The lowest BCUT2D eigenvalue weighted by molar-refractivity contribution is -0.123. The molecule has 1 aromatic carbocycles. The third-order valence-corrected chi connectivity index (χ3v) is 3.16. The van der Waals surface area contributed by atoms with Gasteiger partial charge in [-0.1, -0.05) is 12.1 Å². The Morgan fingerprint density at radius 2 is 2.05 bits per heavy atom. The van der Waals surface area contributed by atoms with E-state index < -0.39 is 0 Å². The first-order chi connectivity index (χ1) is 10.2. The van der Waals surface area contributed by atoms with Gasteiger partial charge in [0.05, 0.1) is 19.7 Å². The molecule has 4 N–H and O–H groups in total. The summed E-state index contributed by atoms with van der Waals surface area (Å²) in [6.45, 7) is 1.14. The molecule has 6 nitrogen and oxygen atoms in total. The number of carbonyl (C=O) groups excluding carboxylic acids is 2. The molecule has 0 unspecified atom stereocenters. The predicted octanol–water partition coefficient (Wildman–Crippen LogP) is 1.05. The first-order valence-corrected chi connectivity index (χ1v) is 7.10. The number of ether oxygens (including phenoxy) is 1. The van der Waals surface area contributed by atoms with Crippen molar-refractivity contribution < 1.29 is 14.3 Å². The lowest BCUT2D eigenvalue weighted by Gasteiger charge is -2.08. The van der Waals surface area contributed by atoms with Gasteiger partial charge in [-0.15, -0.1) is 12.4 Å². The average molecular weight is 328 g/mol. The van der Waals surface area contributed by atoms with Gasteiger partial charge in [0, 0.05) is 12.3 Å². The van der Waals surface area contributed by atoms with Gasteiger partial charge in [-0.05, 0) is 36.5 Å². The third kappa shape index (κ3) is 6.89. The van der Waals surface area contributed by atoms with Crippen molar-refractivity contribution in [2.75, 3.05) is 25.0 Å². The first-order valence-electron chi connectivity index (χ1n) is 7.10. The van der Waals surface area contributed by atoms with Crippen molar-refractivity contribution >= 4 is 29.9 Å². The van der Waals surface area contributed by atoms with E-state index in [2.05, 4.69) is 10.6 Å². The molecule has 0 aliphatic heterocycles. The van der Waals surface area contributed by atoms with E-state index in [1.165, 1.54) is 12.8 Å². The van der Waals surface area contributed by atoms with Gasteiger partial charge in [-0.3, -0.25) is 9.59 Å². The number of carbonyl (C=O) groups is 2. The SMILES string of the molecule is Cl.NCC(=O)NCC(=O)Nc1cccc(COCC2CC2)c1. The van der Waals surface area contributed by atoms with Gasteiger partial charge in [0.1, 0.15) is 0 Å². The number of hydrogen-bond acceptors (Lipinski definition) is 4. The number of hydrogen-bond donors (Lipinski definition) is 3. The minimum Gasteiger partial charge on any atom is -0.376 e. The van der Waals surface area contributed by atoms with E-state index in [0.717, 1.165) is 18.1 Å². The number of rotatable bonds is 8. The Morgan fingerprint density at radius 3 is 2.73 bits per heavy atom. The fraction of sp³-hybridized carbons (Fsp3) is 0.467. The van der Waals surface area contributed by atoms with Gasteiger partial charge >= 0.3 is 0 Å².